The Morgan fingerprint density at radius 1 is 0.951 bits per heavy atom. The van der Waals surface area contributed by atoms with E-state index in [1.54, 1.807) is 7.11 Å². The van der Waals surface area contributed by atoms with E-state index in [0.29, 0.717) is 93.9 Å². The molecule has 1 saturated carbocycles. The summed E-state index contributed by atoms with van der Waals surface area (Å²) in [7, 11) is 4.40. The number of H-pyrrole nitrogens is 1. The maximum atomic E-state index is 15.6. The number of carbonyl (C=O) groups is 5. The zero-order valence-electron chi connectivity index (χ0n) is 48.6. The first kappa shape index (κ1) is 59.5. The molecule has 13 atom stereocenters. The normalized spacial score (nSPS) is 31.8. The van der Waals surface area contributed by atoms with Crippen molar-refractivity contribution in [3.05, 3.63) is 70.9 Å². The average Bonchev–Trinajstić information content (AvgIpc) is 3.66. The number of esters is 3. The van der Waals surface area contributed by atoms with Gasteiger partial charge in [0.05, 0.1) is 51.8 Å². The molecule has 3 aromatic rings. The lowest BCUT2D eigenvalue weighted by molar-refractivity contribution is -0.218. The SMILES string of the molecule is CCC(CO)OC(COC(=O)CCCC(=O)NC(C)C(=O)OCCCN1CN2c3cc(OC)c([C@@]4(C(=O)OC)C[C@@H]5CN(CCc6c4[nH]c4ccccc64)CC(O)(CC)C5)cc3[C@]34CCN5CC=C[C@](CC)(C53)[C@@H](O)[C@](O)(C1=O)C24)OC. The minimum Gasteiger partial charge on any atom is -0.496 e. The van der Waals surface area contributed by atoms with Gasteiger partial charge in [0.2, 0.25) is 5.91 Å². The topological polar surface area (TPSA) is 262 Å². The van der Waals surface area contributed by atoms with E-state index in [0.717, 1.165) is 22.0 Å². The molecule has 6 N–H and O–H groups in total. The van der Waals surface area contributed by atoms with E-state index in [9.17, 15) is 34.8 Å². The second kappa shape index (κ2) is 23.4. The van der Waals surface area contributed by atoms with Crippen molar-refractivity contribution in [1.82, 2.24) is 25.0 Å². The molecule has 2 bridgehead atoms. The van der Waals surface area contributed by atoms with Gasteiger partial charge in [-0.1, -0.05) is 51.1 Å². The monoisotopic (exact) mass is 1140 g/mol. The molecule has 3 saturated heterocycles. The molecule has 0 radical (unpaired) electrons. The number of para-hydroxylation sites is 1. The van der Waals surface area contributed by atoms with E-state index < -0.39 is 87.8 Å². The summed E-state index contributed by atoms with van der Waals surface area (Å²) in [5.41, 5.74) is -2.10. The first-order valence-electron chi connectivity index (χ1n) is 29.5. The van der Waals surface area contributed by atoms with Crippen LogP contribution in [0.25, 0.3) is 10.9 Å². The number of methoxy groups -OCH3 is 3. The highest BCUT2D eigenvalue weighted by molar-refractivity contribution is 5.96. The van der Waals surface area contributed by atoms with Gasteiger partial charge in [-0.3, -0.25) is 29.0 Å². The van der Waals surface area contributed by atoms with Gasteiger partial charge in [0, 0.05) is 103 Å². The van der Waals surface area contributed by atoms with E-state index in [1.165, 1.54) is 26.0 Å². The molecular formula is C61H84N6O15. The fraction of sp³-hybridized carbons (Fsp3) is 0.656. The number of anilines is 1. The van der Waals surface area contributed by atoms with Gasteiger partial charge in [-0.25, -0.2) is 4.79 Å². The standard InChI is InChI=1S/C61H84N6O15/c1-8-39(33-68)82-49(78-6)34-81-48(70)19-13-18-47(69)62-37(4)51(71)80-27-15-24-66-36-67-45-29-46(77-5)43(28-42(45)59-22-26-65-23-14-21-58(10-3,52(59)65)54(72)61(76,53(59)67)55(66)73)60(56(74)79-7)31-38-30-57(75,9-2)35-64(32-38)25-20-41-40-16-11-12-17-44(40)63-50(41)60/h11-12,14,16-17,21,28-29,37-39,49,52-54,63,68,72,75-76H,8-10,13,15,18-20,22-27,30-36H2,1-7H3,(H,62,69)/t37?,38-,39?,49?,52?,53?,54-,57?,58-,59-,60+,61+/m1/s1. The molecule has 1 aliphatic carbocycles. The number of rotatable bonds is 22. The number of fused-ring (bicyclic) bond motifs is 7. The quantitative estimate of drug-likeness (QED) is 0.0277. The zero-order valence-corrected chi connectivity index (χ0v) is 48.6. The molecule has 10 rings (SSSR count). The van der Waals surface area contributed by atoms with E-state index in [2.05, 4.69) is 32.2 Å². The maximum absolute atomic E-state index is 15.6. The Morgan fingerprint density at radius 3 is 2.46 bits per heavy atom. The molecule has 448 valence electrons. The number of carbonyl (C=O) groups excluding carboxylic acids is 5. The second-order valence-electron chi connectivity index (χ2n) is 24.1. The van der Waals surface area contributed by atoms with Crippen molar-refractivity contribution < 1.29 is 72.8 Å². The van der Waals surface area contributed by atoms with Crippen LogP contribution >= 0.6 is 0 Å². The van der Waals surface area contributed by atoms with Crippen molar-refractivity contribution in [3.8, 4) is 5.75 Å². The molecule has 1 spiro atoms. The van der Waals surface area contributed by atoms with Crippen LogP contribution in [0.2, 0.25) is 0 Å². The lowest BCUT2D eigenvalue weighted by atomic mass is 9.47. The molecule has 21 heteroatoms. The van der Waals surface area contributed by atoms with Crippen molar-refractivity contribution >= 4 is 46.3 Å². The van der Waals surface area contributed by atoms with Crippen LogP contribution in [-0.2, 0) is 64.9 Å². The summed E-state index contributed by atoms with van der Waals surface area (Å²) >= 11 is 0. The molecule has 21 nitrogen and oxygen atoms in total. The number of benzene rings is 2. The number of ether oxygens (including phenoxy) is 6. The molecular weight excluding hydrogens is 1060 g/mol. The smallest absolute Gasteiger partial charge is 0.328 e. The Balaban J connectivity index is 0.934. The first-order valence-corrected chi connectivity index (χ1v) is 29.5. The van der Waals surface area contributed by atoms with Gasteiger partial charge in [0.15, 0.2) is 11.9 Å². The summed E-state index contributed by atoms with van der Waals surface area (Å²) in [6.45, 7) is 9.98. The molecule has 4 fully saturated rings. The van der Waals surface area contributed by atoms with Crippen LogP contribution in [0.15, 0.2) is 48.6 Å². The minimum absolute atomic E-state index is 0.0248. The molecule has 7 unspecified atom stereocenters. The van der Waals surface area contributed by atoms with E-state index in [-0.39, 0.29) is 77.1 Å². The maximum Gasteiger partial charge on any atom is 0.328 e. The second-order valence-corrected chi connectivity index (χ2v) is 24.1. The van der Waals surface area contributed by atoms with Crippen molar-refractivity contribution in [1.29, 1.82) is 0 Å². The molecule has 7 heterocycles. The van der Waals surface area contributed by atoms with Crippen LogP contribution in [0, 0.1) is 11.3 Å². The van der Waals surface area contributed by atoms with E-state index in [4.69, 9.17) is 28.4 Å². The highest BCUT2D eigenvalue weighted by atomic mass is 16.7. The van der Waals surface area contributed by atoms with Crippen molar-refractivity contribution in [3.63, 3.8) is 0 Å². The van der Waals surface area contributed by atoms with Gasteiger partial charge >= 0.3 is 17.9 Å². The largest absolute Gasteiger partial charge is 0.496 e. The Labute approximate surface area is 479 Å². The number of aliphatic hydroxyl groups is 4. The van der Waals surface area contributed by atoms with E-state index in [1.807, 2.05) is 62.1 Å². The summed E-state index contributed by atoms with van der Waals surface area (Å²) in [6.07, 6.45) is 4.79. The molecule has 2 aromatic carbocycles. The van der Waals surface area contributed by atoms with Crippen LogP contribution < -0.4 is 15.0 Å². The Bertz CT molecular complexity index is 2930. The lowest BCUT2D eigenvalue weighted by Gasteiger charge is -2.65. The number of amides is 2. The number of aromatic nitrogens is 1. The van der Waals surface area contributed by atoms with Gasteiger partial charge in [-0.05, 0) is 100 Å². The van der Waals surface area contributed by atoms with Crippen LogP contribution in [0.1, 0.15) is 114 Å². The third-order valence-electron chi connectivity index (χ3n) is 19.6. The van der Waals surface area contributed by atoms with Crippen molar-refractivity contribution in [2.45, 2.75) is 157 Å². The number of hydrogen-bond acceptors (Lipinski definition) is 18. The Hall–Kier alpha value is -5.65. The number of aliphatic hydroxyl groups excluding tert-OH is 2. The van der Waals surface area contributed by atoms with Crippen LogP contribution in [0.3, 0.4) is 0 Å². The van der Waals surface area contributed by atoms with Gasteiger partial charge in [-0.15, -0.1) is 0 Å². The summed E-state index contributed by atoms with van der Waals surface area (Å²) in [5, 5.41) is 51.8. The van der Waals surface area contributed by atoms with Crippen molar-refractivity contribution in [2.24, 2.45) is 11.3 Å². The Morgan fingerprint density at radius 2 is 1.74 bits per heavy atom. The molecule has 1 aromatic heterocycles. The summed E-state index contributed by atoms with van der Waals surface area (Å²) in [5.74, 6) is -2.58. The number of aromatic amines is 1. The number of hydrogen-bond donors (Lipinski definition) is 6. The zero-order chi connectivity index (χ0) is 58.5. The summed E-state index contributed by atoms with van der Waals surface area (Å²) in [6, 6.07) is 9.82. The van der Waals surface area contributed by atoms with Gasteiger partial charge in [0.1, 0.15) is 29.9 Å². The highest BCUT2D eigenvalue weighted by Gasteiger charge is 2.80. The third kappa shape index (κ3) is 9.77. The van der Waals surface area contributed by atoms with Crippen LogP contribution in [0.4, 0.5) is 5.69 Å². The molecule has 82 heavy (non-hydrogen) atoms. The molecule has 7 aliphatic rings. The fourth-order valence-electron chi connectivity index (χ4n) is 15.9. The molecule has 2 amide bonds. The third-order valence-corrected chi connectivity index (χ3v) is 19.6. The summed E-state index contributed by atoms with van der Waals surface area (Å²) in [4.78, 5) is 81.5. The molecule has 6 aliphatic heterocycles. The van der Waals surface area contributed by atoms with Crippen molar-refractivity contribution in [2.75, 3.05) is 92.0 Å². The highest BCUT2D eigenvalue weighted by Crippen LogP contribution is 2.69. The van der Waals surface area contributed by atoms with Gasteiger partial charge in [0.25, 0.3) is 5.91 Å². The van der Waals surface area contributed by atoms with Crippen LogP contribution in [-0.4, -0.2) is 205 Å². The predicted molar refractivity (Wildman–Crippen MR) is 301 cm³/mol. The van der Waals surface area contributed by atoms with Crippen LogP contribution in [0.5, 0.6) is 5.75 Å². The number of nitrogens with one attached hydrogen (secondary N) is 2. The fourth-order valence-corrected chi connectivity index (χ4v) is 15.9. The Kier molecular flexibility index (Phi) is 17.0. The first-order chi connectivity index (χ1) is 39.4. The minimum atomic E-state index is -2.33. The van der Waals surface area contributed by atoms with Gasteiger partial charge in [-0.2, -0.15) is 0 Å². The lowest BCUT2D eigenvalue weighted by Crippen LogP contribution is -2.84. The predicted octanol–water partition coefficient (Wildman–Crippen LogP) is 3.33. The summed E-state index contributed by atoms with van der Waals surface area (Å²) < 4.78 is 34.1. The van der Waals surface area contributed by atoms with E-state index >= 15 is 9.59 Å². The average molecular weight is 1140 g/mol. The number of nitrogens with zero attached hydrogens (tertiary/aromatic N) is 4. The number of piperidine rings is 1. The van der Waals surface area contributed by atoms with Gasteiger partial charge < -0.3 is 68.9 Å².